The zero-order valence-electron chi connectivity index (χ0n) is 16.4. The number of nitriles is 1. The average Bonchev–Trinajstić information content (AvgIpc) is 2.78. The number of nitrogens with one attached hydrogen (secondary N) is 2. The summed E-state index contributed by atoms with van der Waals surface area (Å²) in [6, 6.07) is 11.3. The van der Waals surface area contributed by atoms with Gasteiger partial charge in [-0.25, -0.2) is 14.8 Å². The van der Waals surface area contributed by atoms with Gasteiger partial charge in [-0.1, -0.05) is 30.3 Å². The molecule has 3 rings (SSSR count). The van der Waals surface area contributed by atoms with Crippen LogP contribution >= 0.6 is 0 Å². The average molecular weight is 409 g/mol. The highest BCUT2D eigenvalue weighted by Crippen LogP contribution is 2.23. The molecule has 1 aromatic carbocycles. The molecule has 1 aliphatic carbocycles. The second-order valence-corrected chi connectivity index (χ2v) is 6.90. The topological polar surface area (TPSA) is 126 Å². The van der Waals surface area contributed by atoms with Crippen LogP contribution in [0.4, 0.5) is 4.79 Å². The van der Waals surface area contributed by atoms with Gasteiger partial charge in [0.2, 0.25) is 11.6 Å². The summed E-state index contributed by atoms with van der Waals surface area (Å²) >= 11 is 0. The van der Waals surface area contributed by atoms with E-state index in [-0.39, 0.29) is 42.8 Å². The summed E-state index contributed by atoms with van der Waals surface area (Å²) in [5.74, 6) is -0.0255. The fraction of sp³-hybridized carbons (Fsp3) is 0.381. The van der Waals surface area contributed by atoms with E-state index in [9.17, 15) is 9.59 Å². The smallest absolute Gasteiger partial charge is 0.407 e. The molecular weight excluding hydrogens is 386 g/mol. The van der Waals surface area contributed by atoms with E-state index < -0.39 is 6.09 Å². The number of benzene rings is 1. The zero-order valence-corrected chi connectivity index (χ0v) is 16.4. The number of alkyl carbamates (subject to hydrolysis) is 1. The van der Waals surface area contributed by atoms with Gasteiger partial charge in [-0.2, -0.15) is 5.26 Å². The molecule has 156 valence electrons. The molecule has 2 N–H and O–H groups in total. The highest BCUT2D eigenvalue weighted by molar-refractivity contribution is 5.82. The van der Waals surface area contributed by atoms with Crippen LogP contribution in [0.2, 0.25) is 0 Å². The van der Waals surface area contributed by atoms with E-state index in [2.05, 4.69) is 20.6 Å². The molecule has 30 heavy (non-hydrogen) atoms. The SMILES string of the molecule is N#Cc1nccnc1OC1CCC(NC(=O)CNC(=O)OCc2ccccc2)CC1. The third kappa shape index (κ3) is 6.44. The molecule has 0 aliphatic heterocycles. The zero-order chi connectivity index (χ0) is 21.2. The van der Waals surface area contributed by atoms with Gasteiger partial charge in [-0.15, -0.1) is 0 Å². The van der Waals surface area contributed by atoms with Crippen molar-refractivity contribution >= 4 is 12.0 Å². The monoisotopic (exact) mass is 409 g/mol. The molecule has 0 bridgehead atoms. The summed E-state index contributed by atoms with van der Waals surface area (Å²) in [7, 11) is 0. The standard InChI is InChI=1S/C21H23N5O4/c22-12-18-20(24-11-10-23-18)30-17-8-6-16(7-9-17)26-19(27)13-25-21(28)29-14-15-4-2-1-3-5-15/h1-5,10-11,16-17H,6-9,13-14H2,(H,25,28)(H,26,27). The van der Waals surface area contributed by atoms with Crippen molar-refractivity contribution in [2.24, 2.45) is 0 Å². The quantitative estimate of drug-likeness (QED) is 0.717. The fourth-order valence-corrected chi connectivity index (χ4v) is 3.18. The number of amides is 2. The maximum absolute atomic E-state index is 12.1. The summed E-state index contributed by atoms with van der Waals surface area (Å²) in [6.07, 6.45) is 5.13. The van der Waals surface area contributed by atoms with Gasteiger partial charge < -0.3 is 20.1 Å². The molecule has 1 fully saturated rings. The molecule has 2 amide bonds. The van der Waals surface area contributed by atoms with Gasteiger partial charge >= 0.3 is 6.09 Å². The fourth-order valence-electron chi connectivity index (χ4n) is 3.18. The van der Waals surface area contributed by atoms with E-state index in [4.69, 9.17) is 14.7 Å². The molecule has 9 heteroatoms. The van der Waals surface area contributed by atoms with Crippen LogP contribution in [-0.2, 0) is 16.1 Å². The summed E-state index contributed by atoms with van der Waals surface area (Å²) in [5, 5.41) is 14.4. The van der Waals surface area contributed by atoms with E-state index in [0.29, 0.717) is 0 Å². The minimum Gasteiger partial charge on any atom is -0.472 e. The van der Waals surface area contributed by atoms with Crippen molar-refractivity contribution in [1.29, 1.82) is 5.26 Å². The van der Waals surface area contributed by atoms with Gasteiger partial charge in [0.05, 0.1) is 0 Å². The minimum absolute atomic E-state index is 0.0109. The Morgan fingerprint density at radius 1 is 1.10 bits per heavy atom. The van der Waals surface area contributed by atoms with Crippen LogP contribution in [0.3, 0.4) is 0 Å². The molecule has 1 aliphatic rings. The molecule has 0 radical (unpaired) electrons. The molecule has 0 atom stereocenters. The second kappa shape index (κ2) is 10.8. The van der Waals surface area contributed by atoms with Crippen molar-refractivity contribution in [2.45, 2.75) is 44.4 Å². The van der Waals surface area contributed by atoms with E-state index in [1.807, 2.05) is 36.4 Å². The van der Waals surface area contributed by atoms with Gasteiger partial charge in [0.1, 0.15) is 25.3 Å². The first-order valence-corrected chi connectivity index (χ1v) is 9.75. The number of ether oxygens (including phenoxy) is 2. The number of hydrogen-bond donors (Lipinski definition) is 2. The van der Waals surface area contributed by atoms with Crippen LogP contribution in [0, 0.1) is 11.3 Å². The number of aromatic nitrogens is 2. The summed E-state index contributed by atoms with van der Waals surface area (Å²) in [5.41, 5.74) is 1.04. The Bertz CT molecular complexity index is 892. The van der Waals surface area contributed by atoms with E-state index in [1.54, 1.807) is 0 Å². The third-order valence-corrected chi connectivity index (χ3v) is 4.69. The Balaban J connectivity index is 1.33. The Morgan fingerprint density at radius 2 is 1.83 bits per heavy atom. The van der Waals surface area contributed by atoms with Crippen molar-refractivity contribution in [3.05, 3.63) is 54.0 Å². The molecule has 0 unspecified atom stereocenters. The molecule has 9 nitrogen and oxygen atoms in total. The predicted molar refractivity (Wildman–Crippen MR) is 106 cm³/mol. The second-order valence-electron chi connectivity index (χ2n) is 6.90. The van der Waals surface area contributed by atoms with Gasteiger partial charge in [0.25, 0.3) is 5.88 Å². The predicted octanol–water partition coefficient (Wildman–Crippen LogP) is 2.08. The lowest BCUT2D eigenvalue weighted by Gasteiger charge is -2.29. The Hall–Kier alpha value is -3.67. The van der Waals surface area contributed by atoms with Crippen LogP contribution < -0.4 is 15.4 Å². The molecule has 1 aromatic heterocycles. The van der Waals surface area contributed by atoms with Crippen molar-refractivity contribution in [2.75, 3.05) is 6.54 Å². The summed E-state index contributed by atoms with van der Waals surface area (Å²) < 4.78 is 10.9. The number of rotatable bonds is 7. The lowest BCUT2D eigenvalue weighted by molar-refractivity contribution is -0.121. The van der Waals surface area contributed by atoms with Crippen LogP contribution in [0.15, 0.2) is 42.7 Å². The number of hydrogen-bond acceptors (Lipinski definition) is 7. The van der Waals surface area contributed by atoms with Crippen molar-refractivity contribution in [3.8, 4) is 11.9 Å². The molecule has 1 heterocycles. The Kier molecular flexibility index (Phi) is 7.55. The lowest BCUT2D eigenvalue weighted by Crippen LogP contribution is -2.44. The molecule has 2 aromatic rings. The third-order valence-electron chi connectivity index (χ3n) is 4.69. The van der Waals surface area contributed by atoms with Gasteiger partial charge in [-0.05, 0) is 31.2 Å². The number of carbonyl (C=O) groups excluding carboxylic acids is 2. The first kappa shape index (κ1) is 21.0. The number of carbonyl (C=O) groups is 2. The highest BCUT2D eigenvalue weighted by Gasteiger charge is 2.25. The van der Waals surface area contributed by atoms with Crippen LogP contribution in [0.5, 0.6) is 5.88 Å². The maximum Gasteiger partial charge on any atom is 0.407 e. The minimum atomic E-state index is -0.636. The summed E-state index contributed by atoms with van der Waals surface area (Å²) in [6.45, 7) is 0.00674. The van der Waals surface area contributed by atoms with Crippen molar-refractivity contribution in [1.82, 2.24) is 20.6 Å². The van der Waals surface area contributed by atoms with Gasteiger partial charge in [0, 0.05) is 18.4 Å². The lowest BCUT2D eigenvalue weighted by atomic mass is 9.93. The highest BCUT2D eigenvalue weighted by atomic mass is 16.5. The van der Waals surface area contributed by atoms with Gasteiger partial charge in [0.15, 0.2) is 0 Å². The number of nitrogens with zero attached hydrogens (tertiary/aromatic N) is 3. The first-order valence-electron chi connectivity index (χ1n) is 9.75. The first-order chi connectivity index (χ1) is 14.6. The normalized spacial score (nSPS) is 18.0. The molecule has 0 spiro atoms. The molecule has 0 saturated heterocycles. The van der Waals surface area contributed by atoms with E-state index >= 15 is 0 Å². The van der Waals surface area contributed by atoms with Crippen molar-refractivity contribution in [3.63, 3.8) is 0 Å². The van der Waals surface area contributed by atoms with Crippen LogP contribution in [-0.4, -0.2) is 40.7 Å². The van der Waals surface area contributed by atoms with Gasteiger partial charge in [-0.3, -0.25) is 4.79 Å². The van der Waals surface area contributed by atoms with E-state index in [1.165, 1.54) is 12.4 Å². The van der Waals surface area contributed by atoms with Crippen LogP contribution in [0.1, 0.15) is 36.9 Å². The Labute approximate surface area is 174 Å². The molecular formula is C21H23N5O4. The molecule has 1 saturated carbocycles. The largest absolute Gasteiger partial charge is 0.472 e. The maximum atomic E-state index is 12.1. The van der Waals surface area contributed by atoms with E-state index in [0.717, 1.165) is 31.2 Å². The van der Waals surface area contributed by atoms with Crippen molar-refractivity contribution < 1.29 is 19.1 Å². The van der Waals surface area contributed by atoms with Crippen LogP contribution in [0.25, 0.3) is 0 Å². The Morgan fingerprint density at radius 3 is 2.57 bits per heavy atom. The summed E-state index contributed by atoms with van der Waals surface area (Å²) in [4.78, 5) is 31.8.